The predicted octanol–water partition coefficient (Wildman–Crippen LogP) is 0.380. The smallest absolute Gasteiger partial charge is 0.320 e. The van der Waals surface area contributed by atoms with Crippen molar-refractivity contribution >= 4 is 11.9 Å². The van der Waals surface area contributed by atoms with E-state index in [1.807, 2.05) is 32.6 Å². The fraction of sp³-hybridized carbons (Fsp3) is 0.857. The molecular weight excluding hydrogens is 258 g/mol. The van der Waals surface area contributed by atoms with E-state index >= 15 is 0 Å². The maximum atomic E-state index is 12.1. The highest BCUT2D eigenvalue weighted by atomic mass is 16.4. The zero-order chi connectivity index (χ0) is 15.5. The van der Waals surface area contributed by atoms with Gasteiger partial charge in [-0.3, -0.25) is 19.4 Å². The summed E-state index contributed by atoms with van der Waals surface area (Å²) in [6, 6.07) is -0.646. The van der Waals surface area contributed by atoms with Crippen LogP contribution in [0.5, 0.6) is 0 Å². The molecule has 6 nitrogen and oxygen atoms in total. The third kappa shape index (κ3) is 4.76. The van der Waals surface area contributed by atoms with E-state index in [1.54, 1.807) is 6.92 Å². The standard InChI is InChI=1S/C14H27N3O3/c1-10(12(18)15-14(3,4)5)16-6-8-17(9-7-16)11(2)13(19)20/h10-11H,6-9H2,1-5H3,(H,15,18)(H,19,20). The molecule has 0 aromatic rings. The molecule has 1 heterocycles. The molecule has 6 heteroatoms. The average molecular weight is 285 g/mol. The Bertz CT molecular complexity index is 357. The maximum Gasteiger partial charge on any atom is 0.320 e. The van der Waals surface area contributed by atoms with E-state index in [0.29, 0.717) is 13.1 Å². The molecule has 0 aromatic carbocycles. The summed E-state index contributed by atoms with van der Waals surface area (Å²) in [4.78, 5) is 27.1. The van der Waals surface area contributed by atoms with Gasteiger partial charge in [0.1, 0.15) is 6.04 Å². The molecule has 1 amide bonds. The van der Waals surface area contributed by atoms with Crippen molar-refractivity contribution in [2.45, 2.75) is 52.2 Å². The van der Waals surface area contributed by atoms with Crippen LogP contribution in [0.3, 0.4) is 0 Å². The zero-order valence-corrected chi connectivity index (χ0v) is 13.1. The lowest BCUT2D eigenvalue weighted by molar-refractivity contribution is -0.144. The van der Waals surface area contributed by atoms with Gasteiger partial charge in [0.2, 0.25) is 5.91 Å². The number of nitrogens with zero attached hydrogens (tertiary/aromatic N) is 2. The molecule has 0 bridgehead atoms. The molecule has 0 saturated carbocycles. The van der Waals surface area contributed by atoms with Crippen molar-refractivity contribution < 1.29 is 14.7 Å². The van der Waals surface area contributed by atoms with Crippen LogP contribution >= 0.6 is 0 Å². The number of carbonyl (C=O) groups excluding carboxylic acids is 1. The van der Waals surface area contributed by atoms with Gasteiger partial charge in [0, 0.05) is 31.7 Å². The number of carboxylic acid groups (broad SMARTS) is 1. The molecule has 0 spiro atoms. The van der Waals surface area contributed by atoms with Crippen LogP contribution in [0.15, 0.2) is 0 Å². The van der Waals surface area contributed by atoms with Gasteiger partial charge in [-0.15, -0.1) is 0 Å². The summed E-state index contributed by atoms with van der Waals surface area (Å²) in [6.07, 6.45) is 0. The summed E-state index contributed by atoms with van der Waals surface area (Å²) in [5, 5.41) is 12.0. The lowest BCUT2D eigenvalue weighted by Crippen LogP contribution is -2.58. The Morgan fingerprint density at radius 2 is 1.40 bits per heavy atom. The first-order valence-electron chi connectivity index (χ1n) is 7.15. The summed E-state index contributed by atoms with van der Waals surface area (Å²) in [5.41, 5.74) is -0.231. The topological polar surface area (TPSA) is 72.9 Å². The summed E-state index contributed by atoms with van der Waals surface area (Å²) in [6.45, 7) is 12.3. The number of rotatable bonds is 4. The highest BCUT2D eigenvalue weighted by Crippen LogP contribution is 2.11. The van der Waals surface area contributed by atoms with Gasteiger partial charge in [0.05, 0.1) is 6.04 Å². The molecule has 20 heavy (non-hydrogen) atoms. The molecule has 0 aromatic heterocycles. The average Bonchev–Trinajstić information content (AvgIpc) is 2.35. The van der Waals surface area contributed by atoms with E-state index in [0.717, 1.165) is 13.1 Å². The Hall–Kier alpha value is -1.14. The van der Waals surface area contributed by atoms with E-state index in [9.17, 15) is 9.59 Å². The van der Waals surface area contributed by atoms with Crippen molar-refractivity contribution in [2.24, 2.45) is 0 Å². The van der Waals surface area contributed by atoms with Crippen molar-refractivity contribution in [1.82, 2.24) is 15.1 Å². The van der Waals surface area contributed by atoms with E-state index in [4.69, 9.17) is 5.11 Å². The fourth-order valence-corrected chi connectivity index (χ4v) is 2.31. The molecule has 0 radical (unpaired) electrons. The Kier molecular flexibility index (Phi) is 5.53. The normalized spacial score (nSPS) is 21.2. The third-order valence-electron chi connectivity index (χ3n) is 3.68. The Morgan fingerprint density at radius 3 is 1.75 bits per heavy atom. The number of carboxylic acids is 1. The number of carbonyl (C=O) groups is 2. The Morgan fingerprint density at radius 1 is 1.00 bits per heavy atom. The summed E-state index contributed by atoms with van der Waals surface area (Å²) >= 11 is 0. The second-order valence-electron chi connectivity index (χ2n) is 6.50. The fourth-order valence-electron chi connectivity index (χ4n) is 2.31. The molecule has 2 N–H and O–H groups in total. The second-order valence-corrected chi connectivity index (χ2v) is 6.50. The monoisotopic (exact) mass is 285 g/mol. The molecule has 1 fully saturated rings. The lowest BCUT2D eigenvalue weighted by Gasteiger charge is -2.39. The van der Waals surface area contributed by atoms with Gasteiger partial charge >= 0.3 is 5.97 Å². The molecule has 1 aliphatic heterocycles. The largest absolute Gasteiger partial charge is 0.480 e. The molecular formula is C14H27N3O3. The zero-order valence-electron chi connectivity index (χ0n) is 13.1. The highest BCUT2D eigenvalue weighted by molar-refractivity contribution is 5.82. The van der Waals surface area contributed by atoms with Crippen LogP contribution in [0.1, 0.15) is 34.6 Å². The van der Waals surface area contributed by atoms with Crippen LogP contribution in [0.4, 0.5) is 0 Å². The van der Waals surface area contributed by atoms with Gasteiger partial charge in [-0.25, -0.2) is 0 Å². The summed E-state index contributed by atoms with van der Waals surface area (Å²) in [7, 11) is 0. The number of hydrogen-bond acceptors (Lipinski definition) is 4. The number of aliphatic carboxylic acids is 1. The van der Waals surface area contributed by atoms with Gasteiger partial charge in [-0.1, -0.05) is 0 Å². The Balaban J connectivity index is 2.49. The first-order valence-corrected chi connectivity index (χ1v) is 7.15. The molecule has 2 atom stereocenters. The number of piperazine rings is 1. The molecule has 116 valence electrons. The minimum absolute atomic E-state index is 0.0252. The minimum atomic E-state index is -0.794. The predicted molar refractivity (Wildman–Crippen MR) is 77.6 cm³/mol. The Labute approximate surface area is 121 Å². The lowest BCUT2D eigenvalue weighted by atomic mass is 10.1. The summed E-state index contributed by atoms with van der Waals surface area (Å²) in [5.74, 6) is -0.769. The van der Waals surface area contributed by atoms with Crippen molar-refractivity contribution in [3.8, 4) is 0 Å². The number of hydrogen-bond donors (Lipinski definition) is 2. The molecule has 0 aliphatic carbocycles. The second kappa shape index (κ2) is 6.54. The molecule has 1 aliphatic rings. The van der Waals surface area contributed by atoms with Crippen molar-refractivity contribution in [1.29, 1.82) is 0 Å². The van der Waals surface area contributed by atoms with E-state index in [2.05, 4.69) is 10.2 Å². The van der Waals surface area contributed by atoms with Gasteiger partial charge in [-0.05, 0) is 34.6 Å². The molecule has 1 rings (SSSR count). The van der Waals surface area contributed by atoms with Crippen LogP contribution in [-0.4, -0.2) is 70.6 Å². The quantitative estimate of drug-likeness (QED) is 0.781. The van der Waals surface area contributed by atoms with Crippen molar-refractivity contribution in [3.63, 3.8) is 0 Å². The SMILES string of the molecule is CC(C(=O)O)N1CCN(C(C)C(=O)NC(C)(C)C)CC1. The molecule has 1 saturated heterocycles. The summed E-state index contributed by atoms with van der Waals surface area (Å²) < 4.78 is 0. The molecule has 2 unspecified atom stereocenters. The van der Waals surface area contributed by atoms with E-state index < -0.39 is 12.0 Å². The number of nitrogens with one attached hydrogen (secondary N) is 1. The highest BCUT2D eigenvalue weighted by Gasteiger charge is 2.30. The number of amides is 1. The van der Waals surface area contributed by atoms with Crippen LogP contribution in [0.2, 0.25) is 0 Å². The first-order chi connectivity index (χ1) is 9.11. The van der Waals surface area contributed by atoms with Gasteiger partial charge in [0.25, 0.3) is 0 Å². The van der Waals surface area contributed by atoms with Gasteiger partial charge in [0.15, 0.2) is 0 Å². The van der Waals surface area contributed by atoms with Crippen LogP contribution in [-0.2, 0) is 9.59 Å². The van der Waals surface area contributed by atoms with Gasteiger partial charge in [-0.2, -0.15) is 0 Å². The minimum Gasteiger partial charge on any atom is -0.480 e. The van der Waals surface area contributed by atoms with E-state index in [-0.39, 0.29) is 17.5 Å². The van der Waals surface area contributed by atoms with Crippen molar-refractivity contribution in [2.75, 3.05) is 26.2 Å². The van der Waals surface area contributed by atoms with Crippen LogP contribution in [0, 0.1) is 0 Å². The van der Waals surface area contributed by atoms with E-state index in [1.165, 1.54) is 0 Å². The third-order valence-corrected chi connectivity index (χ3v) is 3.68. The van der Waals surface area contributed by atoms with Crippen molar-refractivity contribution in [3.05, 3.63) is 0 Å². The van der Waals surface area contributed by atoms with Gasteiger partial charge < -0.3 is 10.4 Å². The maximum absolute atomic E-state index is 12.1. The first kappa shape index (κ1) is 16.9. The van der Waals surface area contributed by atoms with Crippen LogP contribution in [0.25, 0.3) is 0 Å². The van der Waals surface area contributed by atoms with Crippen LogP contribution < -0.4 is 5.32 Å².